The Morgan fingerprint density at radius 3 is 3.11 bits per heavy atom. The van der Waals surface area contributed by atoms with Crippen LogP contribution in [-0.4, -0.2) is 23.1 Å². The molecule has 1 aromatic carbocycles. The van der Waals surface area contributed by atoms with Gasteiger partial charge in [0.2, 0.25) is 0 Å². The second-order valence-corrected chi connectivity index (χ2v) is 3.62. The van der Waals surface area contributed by atoms with Gasteiger partial charge in [0.1, 0.15) is 5.75 Å². The molecule has 94 valence electrons. The van der Waals surface area contributed by atoms with Crippen molar-refractivity contribution in [3.05, 3.63) is 42.5 Å². The molecule has 0 saturated carbocycles. The maximum absolute atomic E-state index is 11.6. The molecule has 0 radical (unpaired) electrons. The molecule has 0 aliphatic heterocycles. The van der Waals surface area contributed by atoms with E-state index in [2.05, 4.69) is 20.6 Å². The SMILES string of the molecule is COc1cccc(NC(=O)NCc2cnc[nH]2)c1. The summed E-state index contributed by atoms with van der Waals surface area (Å²) < 4.78 is 5.07. The number of aromatic nitrogens is 2. The Morgan fingerprint density at radius 2 is 2.39 bits per heavy atom. The summed E-state index contributed by atoms with van der Waals surface area (Å²) in [7, 11) is 1.58. The van der Waals surface area contributed by atoms with Gasteiger partial charge >= 0.3 is 6.03 Å². The van der Waals surface area contributed by atoms with E-state index in [1.54, 1.807) is 31.8 Å². The van der Waals surface area contributed by atoms with Crippen LogP contribution in [0.5, 0.6) is 5.75 Å². The highest BCUT2D eigenvalue weighted by Crippen LogP contribution is 2.16. The predicted molar refractivity (Wildman–Crippen MR) is 67.4 cm³/mol. The Morgan fingerprint density at radius 1 is 1.50 bits per heavy atom. The van der Waals surface area contributed by atoms with Crippen molar-refractivity contribution in [3.63, 3.8) is 0 Å². The minimum Gasteiger partial charge on any atom is -0.497 e. The van der Waals surface area contributed by atoms with Crippen LogP contribution in [0.3, 0.4) is 0 Å². The number of rotatable bonds is 4. The van der Waals surface area contributed by atoms with E-state index in [0.717, 1.165) is 5.69 Å². The van der Waals surface area contributed by atoms with Gasteiger partial charge in [0.05, 0.1) is 25.7 Å². The van der Waals surface area contributed by atoms with E-state index in [4.69, 9.17) is 4.74 Å². The lowest BCUT2D eigenvalue weighted by molar-refractivity contribution is 0.251. The smallest absolute Gasteiger partial charge is 0.319 e. The normalized spacial score (nSPS) is 9.83. The average molecular weight is 246 g/mol. The van der Waals surface area contributed by atoms with Crippen molar-refractivity contribution >= 4 is 11.7 Å². The number of carbonyl (C=O) groups excluding carboxylic acids is 1. The van der Waals surface area contributed by atoms with Gasteiger partial charge < -0.3 is 20.4 Å². The van der Waals surface area contributed by atoms with Crippen molar-refractivity contribution in [2.45, 2.75) is 6.54 Å². The van der Waals surface area contributed by atoms with Crippen molar-refractivity contribution < 1.29 is 9.53 Å². The molecule has 3 N–H and O–H groups in total. The number of nitrogens with one attached hydrogen (secondary N) is 3. The van der Waals surface area contributed by atoms with E-state index in [1.165, 1.54) is 0 Å². The van der Waals surface area contributed by atoms with E-state index in [-0.39, 0.29) is 6.03 Å². The van der Waals surface area contributed by atoms with Crippen LogP contribution in [0.15, 0.2) is 36.8 Å². The molecule has 0 fully saturated rings. The summed E-state index contributed by atoms with van der Waals surface area (Å²) in [6, 6.07) is 6.88. The molecule has 2 aromatic rings. The number of benzene rings is 1. The topological polar surface area (TPSA) is 79.0 Å². The maximum atomic E-state index is 11.6. The first-order valence-corrected chi connectivity index (χ1v) is 5.44. The van der Waals surface area contributed by atoms with E-state index < -0.39 is 0 Å². The first-order valence-electron chi connectivity index (χ1n) is 5.44. The second-order valence-electron chi connectivity index (χ2n) is 3.62. The molecule has 6 heteroatoms. The van der Waals surface area contributed by atoms with E-state index in [9.17, 15) is 4.79 Å². The van der Waals surface area contributed by atoms with Crippen LogP contribution in [0.4, 0.5) is 10.5 Å². The Balaban J connectivity index is 1.86. The van der Waals surface area contributed by atoms with Crippen LogP contribution in [0.25, 0.3) is 0 Å². The number of aromatic amines is 1. The molecule has 1 heterocycles. The van der Waals surface area contributed by atoms with Crippen LogP contribution in [0.1, 0.15) is 5.69 Å². The number of amides is 2. The van der Waals surface area contributed by atoms with Gasteiger partial charge in [-0.1, -0.05) is 6.07 Å². The van der Waals surface area contributed by atoms with Crippen molar-refractivity contribution in [1.82, 2.24) is 15.3 Å². The quantitative estimate of drug-likeness (QED) is 0.768. The number of ether oxygens (including phenoxy) is 1. The number of methoxy groups -OCH3 is 1. The largest absolute Gasteiger partial charge is 0.497 e. The Kier molecular flexibility index (Phi) is 3.80. The molecule has 2 amide bonds. The number of nitrogens with zero attached hydrogens (tertiary/aromatic N) is 1. The molecule has 0 bridgehead atoms. The monoisotopic (exact) mass is 246 g/mol. The lowest BCUT2D eigenvalue weighted by Crippen LogP contribution is -2.28. The lowest BCUT2D eigenvalue weighted by Gasteiger charge is -2.07. The van der Waals surface area contributed by atoms with Crippen LogP contribution in [-0.2, 0) is 6.54 Å². The zero-order valence-corrected chi connectivity index (χ0v) is 9.93. The van der Waals surface area contributed by atoms with Crippen LogP contribution in [0, 0.1) is 0 Å². The van der Waals surface area contributed by atoms with Crippen molar-refractivity contribution in [3.8, 4) is 5.75 Å². The van der Waals surface area contributed by atoms with Gasteiger partial charge in [-0.15, -0.1) is 0 Å². The summed E-state index contributed by atoms with van der Waals surface area (Å²) in [6.07, 6.45) is 3.23. The van der Waals surface area contributed by atoms with Gasteiger partial charge in [0.15, 0.2) is 0 Å². The van der Waals surface area contributed by atoms with E-state index >= 15 is 0 Å². The molecule has 0 spiro atoms. The number of urea groups is 1. The van der Waals surface area contributed by atoms with Crippen LogP contribution < -0.4 is 15.4 Å². The molecule has 2 rings (SSSR count). The number of hydrogen-bond acceptors (Lipinski definition) is 3. The number of H-pyrrole nitrogens is 1. The summed E-state index contributed by atoms with van der Waals surface area (Å²) in [4.78, 5) is 18.4. The second kappa shape index (κ2) is 5.72. The summed E-state index contributed by atoms with van der Waals surface area (Å²) in [6.45, 7) is 0.399. The molecule has 0 atom stereocenters. The maximum Gasteiger partial charge on any atom is 0.319 e. The molecule has 0 unspecified atom stereocenters. The molecule has 18 heavy (non-hydrogen) atoms. The highest BCUT2D eigenvalue weighted by atomic mass is 16.5. The Labute approximate surface area is 104 Å². The number of carbonyl (C=O) groups is 1. The van der Waals surface area contributed by atoms with Gasteiger partial charge in [0.25, 0.3) is 0 Å². The molecule has 0 saturated heterocycles. The summed E-state index contributed by atoms with van der Waals surface area (Å²) in [5.41, 5.74) is 1.52. The minimum absolute atomic E-state index is 0.280. The van der Waals surface area contributed by atoms with Crippen molar-refractivity contribution in [2.75, 3.05) is 12.4 Å². The third-order valence-electron chi connectivity index (χ3n) is 2.32. The molecular formula is C12H14N4O2. The fraction of sp³-hybridized carbons (Fsp3) is 0.167. The first-order chi connectivity index (χ1) is 8.78. The van der Waals surface area contributed by atoms with Crippen LogP contribution >= 0.6 is 0 Å². The minimum atomic E-state index is -0.280. The molecule has 6 nitrogen and oxygen atoms in total. The predicted octanol–water partition coefficient (Wildman–Crippen LogP) is 1.74. The number of imidazole rings is 1. The zero-order chi connectivity index (χ0) is 12.8. The van der Waals surface area contributed by atoms with Gasteiger partial charge in [-0.05, 0) is 12.1 Å². The van der Waals surface area contributed by atoms with Gasteiger partial charge in [-0.2, -0.15) is 0 Å². The van der Waals surface area contributed by atoms with Crippen molar-refractivity contribution in [1.29, 1.82) is 0 Å². The van der Waals surface area contributed by atoms with Crippen LogP contribution in [0.2, 0.25) is 0 Å². The first kappa shape index (κ1) is 12.0. The molecule has 0 aliphatic carbocycles. The van der Waals surface area contributed by atoms with E-state index in [0.29, 0.717) is 18.0 Å². The van der Waals surface area contributed by atoms with E-state index in [1.807, 2.05) is 12.1 Å². The average Bonchev–Trinajstić information content (AvgIpc) is 2.90. The standard InChI is InChI=1S/C12H14N4O2/c1-18-11-4-2-3-9(5-11)16-12(17)14-7-10-6-13-8-15-10/h2-6,8H,7H2,1H3,(H,13,15)(H2,14,16,17). The third-order valence-corrected chi connectivity index (χ3v) is 2.32. The highest BCUT2D eigenvalue weighted by Gasteiger charge is 2.02. The fourth-order valence-electron chi connectivity index (χ4n) is 1.43. The van der Waals surface area contributed by atoms with Gasteiger partial charge in [0, 0.05) is 18.0 Å². The molecular weight excluding hydrogens is 232 g/mol. The number of anilines is 1. The van der Waals surface area contributed by atoms with Gasteiger partial charge in [-0.3, -0.25) is 0 Å². The summed E-state index contributed by atoms with van der Waals surface area (Å²) >= 11 is 0. The zero-order valence-electron chi connectivity index (χ0n) is 9.93. The lowest BCUT2D eigenvalue weighted by atomic mass is 10.3. The Bertz CT molecular complexity index is 511. The molecule has 1 aromatic heterocycles. The summed E-state index contributed by atoms with van der Waals surface area (Å²) in [5, 5.41) is 5.42. The third kappa shape index (κ3) is 3.24. The fourth-order valence-corrected chi connectivity index (χ4v) is 1.43. The number of hydrogen-bond donors (Lipinski definition) is 3. The Hall–Kier alpha value is -2.50. The highest BCUT2D eigenvalue weighted by molar-refractivity contribution is 5.89. The van der Waals surface area contributed by atoms with Crippen molar-refractivity contribution in [2.24, 2.45) is 0 Å². The summed E-state index contributed by atoms with van der Waals surface area (Å²) in [5.74, 6) is 0.696. The van der Waals surface area contributed by atoms with Gasteiger partial charge in [-0.25, -0.2) is 9.78 Å². The molecule has 0 aliphatic rings.